The summed E-state index contributed by atoms with van der Waals surface area (Å²) >= 11 is 0. The minimum absolute atomic E-state index is 0.265. The quantitative estimate of drug-likeness (QED) is 0.840. The van der Waals surface area contributed by atoms with E-state index in [0.29, 0.717) is 6.04 Å². The number of benzene rings is 2. The summed E-state index contributed by atoms with van der Waals surface area (Å²) in [7, 11) is 0. The van der Waals surface area contributed by atoms with Crippen LogP contribution >= 0.6 is 0 Å². The summed E-state index contributed by atoms with van der Waals surface area (Å²) in [5.41, 5.74) is 4.17. The summed E-state index contributed by atoms with van der Waals surface area (Å²) in [6.07, 6.45) is 1.96. The van der Waals surface area contributed by atoms with Gasteiger partial charge in [0.05, 0.1) is 0 Å². The first-order valence-corrected chi connectivity index (χ1v) is 9.42. The second-order valence-electron chi connectivity index (χ2n) is 7.10. The van der Waals surface area contributed by atoms with Crippen molar-refractivity contribution in [1.82, 2.24) is 9.80 Å². The van der Waals surface area contributed by atoms with Gasteiger partial charge in [0.2, 0.25) is 0 Å². The fourth-order valence-corrected chi connectivity index (χ4v) is 3.73. The van der Waals surface area contributed by atoms with Gasteiger partial charge in [-0.25, -0.2) is 0 Å². The summed E-state index contributed by atoms with van der Waals surface area (Å²) in [5.74, 6) is 0. The maximum Gasteiger partial charge on any atom is 0.0446 e. The van der Waals surface area contributed by atoms with Crippen LogP contribution in [-0.2, 0) is 13.0 Å². The van der Waals surface area contributed by atoms with Crippen molar-refractivity contribution in [3.63, 3.8) is 0 Å². The van der Waals surface area contributed by atoms with Crippen molar-refractivity contribution in [2.24, 2.45) is 0 Å². The van der Waals surface area contributed by atoms with Gasteiger partial charge in [0.25, 0.3) is 0 Å². The lowest BCUT2D eigenvalue weighted by atomic mass is 10.0. The molecule has 3 rings (SSSR count). The van der Waals surface area contributed by atoms with E-state index in [0.717, 1.165) is 45.6 Å². The Morgan fingerprint density at radius 2 is 1.76 bits per heavy atom. The standard InChI is InChI=1S/C22H30N2O/c1-19-7-5-6-10-21(19)17-24-15-14-23(18-22(24)12-16-25)13-11-20-8-3-2-4-9-20/h2-10,22,25H,11-18H2,1H3/t22-/m0/s1. The van der Waals surface area contributed by atoms with E-state index in [-0.39, 0.29) is 6.61 Å². The molecule has 134 valence electrons. The first kappa shape index (κ1) is 18.1. The van der Waals surface area contributed by atoms with Crippen molar-refractivity contribution in [3.8, 4) is 0 Å². The van der Waals surface area contributed by atoms with E-state index in [1.165, 1.54) is 16.7 Å². The van der Waals surface area contributed by atoms with E-state index < -0.39 is 0 Å². The zero-order chi connectivity index (χ0) is 17.5. The average molecular weight is 338 g/mol. The van der Waals surface area contributed by atoms with Crippen molar-refractivity contribution in [2.45, 2.75) is 32.4 Å². The maximum absolute atomic E-state index is 9.51. The van der Waals surface area contributed by atoms with Crippen molar-refractivity contribution in [2.75, 3.05) is 32.8 Å². The van der Waals surface area contributed by atoms with Crippen LogP contribution in [0.25, 0.3) is 0 Å². The number of aryl methyl sites for hydroxylation is 1. The summed E-state index contributed by atoms with van der Waals surface area (Å²) in [6, 6.07) is 19.8. The molecule has 1 aliphatic rings. The summed E-state index contributed by atoms with van der Waals surface area (Å²) in [4.78, 5) is 5.11. The van der Waals surface area contributed by atoms with Gasteiger partial charge in [0.1, 0.15) is 0 Å². The van der Waals surface area contributed by atoms with Crippen LogP contribution in [-0.4, -0.2) is 53.7 Å². The fourth-order valence-electron chi connectivity index (χ4n) is 3.73. The molecular weight excluding hydrogens is 308 g/mol. The van der Waals surface area contributed by atoms with E-state index in [2.05, 4.69) is 71.3 Å². The molecule has 2 aromatic carbocycles. The lowest BCUT2D eigenvalue weighted by Gasteiger charge is -2.41. The van der Waals surface area contributed by atoms with Crippen molar-refractivity contribution >= 4 is 0 Å². The highest BCUT2D eigenvalue weighted by molar-refractivity contribution is 5.25. The Labute approximate surface area is 151 Å². The Morgan fingerprint density at radius 3 is 2.52 bits per heavy atom. The molecule has 0 unspecified atom stereocenters. The molecule has 1 fully saturated rings. The largest absolute Gasteiger partial charge is 0.396 e. The molecule has 25 heavy (non-hydrogen) atoms. The number of aliphatic hydroxyl groups is 1. The molecule has 3 nitrogen and oxygen atoms in total. The van der Waals surface area contributed by atoms with Crippen LogP contribution < -0.4 is 0 Å². The number of hydrogen-bond acceptors (Lipinski definition) is 3. The smallest absolute Gasteiger partial charge is 0.0446 e. The Morgan fingerprint density at radius 1 is 1.00 bits per heavy atom. The van der Waals surface area contributed by atoms with Crippen LogP contribution in [0.15, 0.2) is 54.6 Å². The van der Waals surface area contributed by atoms with Crippen LogP contribution in [0.4, 0.5) is 0 Å². The van der Waals surface area contributed by atoms with Crippen molar-refractivity contribution in [1.29, 1.82) is 0 Å². The minimum atomic E-state index is 0.265. The third-order valence-corrected chi connectivity index (χ3v) is 5.35. The highest BCUT2D eigenvalue weighted by Gasteiger charge is 2.26. The number of hydrogen-bond donors (Lipinski definition) is 1. The molecule has 2 aromatic rings. The second-order valence-corrected chi connectivity index (χ2v) is 7.10. The van der Waals surface area contributed by atoms with Gasteiger partial charge in [-0.15, -0.1) is 0 Å². The molecule has 0 aromatic heterocycles. The lowest BCUT2D eigenvalue weighted by molar-refractivity contribution is 0.0542. The van der Waals surface area contributed by atoms with Crippen LogP contribution in [0.3, 0.4) is 0 Å². The third kappa shape index (κ3) is 5.15. The highest BCUT2D eigenvalue weighted by Crippen LogP contribution is 2.18. The summed E-state index contributed by atoms with van der Waals surface area (Å²) < 4.78 is 0. The van der Waals surface area contributed by atoms with Gasteiger partial charge < -0.3 is 10.0 Å². The molecule has 1 saturated heterocycles. The molecule has 1 heterocycles. The zero-order valence-electron chi connectivity index (χ0n) is 15.3. The van der Waals surface area contributed by atoms with Gasteiger partial charge in [-0.1, -0.05) is 54.6 Å². The predicted molar refractivity (Wildman–Crippen MR) is 104 cm³/mol. The Balaban J connectivity index is 1.57. The molecule has 1 atom stereocenters. The number of aliphatic hydroxyl groups excluding tert-OH is 1. The maximum atomic E-state index is 9.51. The molecule has 0 amide bonds. The SMILES string of the molecule is Cc1ccccc1CN1CCN(CCc2ccccc2)C[C@@H]1CCO. The lowest BCUT2D eigenvalue weighted by Crippen LogP contribution is -2.53. The number of rotatable bonds is 7. The number of piperazine rings is 1. The molecule has 0 saturated carbocycles. The van der Waals surface area contributed by atoms with Gasteiger partial charge in [0, 0.05) is 45.4 Å². The van der Waals surface area contributed by atoms with Gasteiger partial charge in [0.15, 0.2) is 0 Å². The van der Waals surface area contributed by atoms with Gasteiger partial charge in [-0.05, 0) is 36.5 Å². The van der Waals surface area contributed by atoms with Crippen molar-refractivity contribution in [3.05, 3.63) is 71.3 Å². The van der Waals surface area contributed by atoms with Crippen LogP contribution in [0.1, 0.15) is 23.1 Å². The monoisotopic (exact) mass is 338 g/mol. The molecule has 1 aliphatic heterocycles. The molecule has 0 radical (unpaired) electrons. The fraction of sp³-hybridized carbons (Fsp3) is 0.455. The minimum Gasteiger partial charge on any atom is -0.396 e. The van der Waals surface area contributed by atoms with E-state index in [1.54, 1.807) is 0 Å². The number of nitrogens with zero attached hydrogens (tertiary/aromatic N) is 2. The predicted octanol–water partition coefficient (Wildman–Crippen LogP) is 3.11. The first-order chi connectivity index (χ1) is 12.3. The van der Waals surface area contributed by atoms with Crippen LogP contribution in [0, 0.1) is 6.92 Å². The topological polar surface area (TPSA) is 26.7 Å². The van der Waals surface area contributed by atoms with Crippen molar-refractivity contribution < 1.29 is 5.11 Å². The highest BCUT2D eigenvalue weighted by atomic mass is 16.3. The Kier molecular flexibility index (Phi) is 6.62. The van der Waals surface area contributed by atoms with E-state index in [9.17, 15) is 5.11 Å². The summed E-state index contributed by atoms with van der Waals surface area (Å²) in [5, 5.41) is 9.51. The van der Waals surface area contributed by atoms with Gasteiger partial charge in [-0.3, -0.25) is 4.90 Å². The van der Waals surface area contributed by atoms with Gasteiger partial charge in [-0.2, -0.15) is 0 Å². The van der Waals surface area contributed by atoms with Crippen LogP contribution in [0.2, 0.25) is 0 Å². The first-order valence-electron chi connectivity index (χ1n) is 9.42. The molecule has 0 spiro atoms. The summed E-state index contributed by atoms with van der Waals surface area (Å²) in [6.45, 7) is 7.79. The molecule has 0 aliphatic carbocycles. The second kappa shape index (κ2) is 9.14. The molecule has 1 N–H and O–H groups in total. The van der Waals surface area contributed by atoms with Gasteiger partial charge >= 0.3 is 0 Å². The normalized spacial score (nSPS) is 19.2. The molecular formula is C22H30N2O. The van der Waals surface area contributed by atoms with E-state index in [4.69, 9.17) is 0 Å². The molecule has 0 bridgehead atoms. The Bertz CT molecular complexity index is 643. The van der Waals surface area contributed by atoms with Crippen LogP contribution in [0.5, 0.6) is 0 Å². The molecule has 3 heteroatoms. The van der Waals surface area contributed by atoms with E-state index in [1.807, 2.05) is 0 Å². The zero-order valence-corrected chi connectivity index (χ0v) is 15.3. The van der Waals surface area contributed by atoms with E-state index >= 15 is 0 Å². The third-order valence-electron chi connectivity index (χ3n) is 5.35. The Hall–Kier alpha value is -1.68. The average Bonchev–Trinajstić information content (AvgIpc) is 2.65.